The van der Waals surface area contributed by atoms with Gasteiger partial charge in [0.05, 0.1) is 36.3 Å². The molecule has 34 heavy (non-hydrogen) atoms. The standard InChI is InChI=1S/C22H21F3N6O2S/c1-33-16-10-31-13(4-6-29-31)9-15(16)30-19-18-14-3-2-12(20(32)26-7-5-22(23,24)25)8-17(14)34-21(18)28-11-27-19/h4,6,9-12H,2-3,5,7-8H2,1H3,(H,26,32)(H,27,28,30)/t12-/m0/s1. The number of alkyl halides is 3. The van der Waals surface area contributed by atoms with Crippen LogP contribution in [-0.4, -0.2) is 45.3 Å². The molecule has 4 aromatic heterocycles. The quantitative estimate of drug-likeness (QED) is 0.420. The van der Waals surface area contributed by atoms with Crippen LogP contribution in [0.4, 0.5) is 24.7 Å². The van der Waals surface area contributed by atoms with Crippen LogP contribution >= 0.6 is 11.3 Å². The topological polar surface area (TPSA) is 93.4 Å². The van der Waals surface area contributed by atoms with E-state index in [4.69, 9.17) is 4.74 Å². The molecular weight excluding hydrogens is 469 g/mol. The third kappa shape index (κ3) is 4.37. The molecule has 0 unspecified atom stereocenters. The second-order valence-corrected chi connectivity index (χ2v) is 9.17. The number of rotatable bonds is 6. The van der Waals surface area contributed by atoms with E-state index in [1.165, 1.54) is 17.7 Å². The maximum Gasteiger partial charge on any atom is 0.390 e. The van der Waals surface area contributed by atoms with Crippen LogP contribution in [0.3, 0.4) is 0 Å². The van der Waals surface area contributed by atoms with E-state index in [0.717, 1.165) is 31.9 Å². The second-order valence-electron chi connectivity index (χ2n) is 8.08. The van der Waals surface area contributed by atoms with Crippen LogP contribution in [0.25, 0.3) is 15.7 Å². The van der Waals surface area contributed by atoms with Crippen molar-refractivity contribution in [3.63, 3.8) is 0 Å². The molecule has 1 amide bonds. The molecule has 2 N–H and O–H groups in total. The maximum absolute atomic E-state index is 12.4. The zero-order chi connectivity index (χ0) is 23.9. The molecule has 12 heteroatoms. The Balaban J connectivity index is 1.40. The number of carbonyl (C=O) groups is 1. The number of fused-ring (bicyclic) bond motifs is 4. The van der Waals surface area contributed by atoms with E-state index in [1.54, 1.807) is 24.0 Å². The molecular formula is C22H21F3N6O2S. The summed E-state index contributed by atoms with van der Waals surface area (Å²) in [4.78, 5) is 23.1. The summed E-state index contributed by atoms with van der Waals surface area (Å²) in [6, 6.07) is 3.80. The molecule has 0 bridgehead atoms. The number of hydrogen-bond donors (Lipinski definition) is 2. The molecule has 0 saturated heterocycles. The van der Waals surface area contributed by atoms with E-state index in [0.29, 0.717) is 30.8 Å². The molecule has 0 aromatic carbocycles. The summed E-state index contributed by atoms with van der Waals surface area (Å²) in [5.74, 6) is 0.540. The first-order valence-electron chi connectivity index (χ1n) is 10.7. The normalized spacial score (nSPS) is 15.9. The van der Waals surface area contributed by atoms with E-state index in [-0.39, 0.29) is 11.8 Å². The minimum absolute atomic E-state index is 0.337. The number of halogens is 3. The number of aromatic nitrogens is 4. The first-order valence-corrected chi connectivity index (χ1v) is 11.5. The minimum atomic E-state index is -4.29. The van der Waals surface area contributed by atoms with Crippen molar-refractivity contribution in [2.75, 3.05) is 19.0 Å². The first-order chi connectivity index (χ1) is 16.3. The van der Waals surface area contributed by atoms with E-state index < -0.39 is 19.1 Å². The molecule has 4 aromatic rings. The highest BCUT2D eigenvalue weighted by molar-refractivity contribution is 7.19. The van der Waals surface area contributed by atoms with Gasteiger partial charge in [0.2, 0.25) is 5.91 Å². The van der Waals surface area contributed by atoms with Crippen LogP contribution in [0.1, 0.15) is 23.3 Å². The largest absolute Gasteiger partial charge is 0.493 e. The minimum Gasteiger partial charge on any atom is -0.493 e. The first kappa shape index (κ1) is 22.4. The highest BCUT2D eigenvalue weighted by Gasteiger charge is 2.31. The average Bonchev–Trinajstić information content (AvgIpc) is 3.41. The highest BCUT2D eigenvalue weighted by atomic mass is 32.1. The van der Waals surface area contributed by atoms with Gasteiger partial charge in [0.25, 0.3) is 0 Å². The molecule has 1 aliphatic rings. The van der Waals surface area contributed by atoms with Crippen molar-refractivity contribution in [2.45, 2.75) is 31.9 Å². The summed E-state index contributed by atoms with van der Waals surface area (Å²) >= 11 is 1.49. The molecule has 0 saturated carbocycles. The van der Waals surface area contributed by atoms with Gasteiger partial charge in [-0.1, -0.05) is 0 Å². The summed E-state index contributed by atoms with van der Waals surface area (Å²) < 4.78 is 44.4. The number of hydrogen-bond acceptors (Lipinski definition) is 7. The molecule has 5 rings (SSSR count). The zero-order valence-corrected chi connectivity index (χ0v) is 19.0. The number of ether oxygens (including phenoxy) is 1. The number of nitrogens with one attached hydrogen (secondary N) is 2. The third-order valence-electron chi connectivity index (χ3n) is 5.89. The fourth-order valence-corrected chi connectivity index (χ4v) is 5.50. The Bertz CT molecular complexity index is 1370. The Morgan fingerprint density at radius 3 is 3.00 bits per heavy atom. The number of methoxy groups -OCH3 is 1. The second kappa shape index (κ2) is 8.75. The van der Waals surface area contributed by atoms with E-state index in [2.05, 4.69) is 25.7 Å². The molecule has 4 heterocycles. The van der Waals surface area contributed by atoms with Crippen molar-refractivity contribution in [1.29, 1.82) is 0 Å². The number of pyridine rings is 1. The summed E-state index contributed by atoms with van der Waals surface area (Å²) in [5, 5.41) is 10.9. The lowest BCUT2D eigenvalue weighted by Gasteiger charge is -2.22. The number of nitrogens with zero attached hydrogens (tertiary/aromatic N) is 4. The van der Waals surface area contributed by atoms with Crippen molar-refractivity contribution < 1.29 is 22.7 Å². The van der Waals surface area contributed by atoms with Gasteiger partial charge >= 0.3 is 6.18 Å². The molecule has 0 aliphatic heterocycles. The Morgan fingerprint density at radius 2 is 2.21 bits per heavy atom. The van der Waals surface area contributed by atoms with Crippen molar-refractivity contribution >= 4 is 44.5 Å². The molecule has 178 valence electrons. The maximum atomic E-state index is 12.4. The smallest absolute Gasteiger partial charge is 0.390 e. The Labute approximate surface area is 196 Å². The summed E-state index contributed by atoms with van der Waals surface area (Å²) in [7, 11) is 1.58. The van der Waals surface area contributed by atoms with E-state index >= 15 is 0 Å². The van der Waals surface area contributed by atoms with Gasteiger partial charge < -0.3 is 15.4 Å². The number of anilines is 2. The number of carbonyl (C=O) groups excluding carboxylic acids is 1. The van der Waals surface area contributed by atoms with Crippen molar-refractivity contribution in [3.8, 4) is 5.75 Å². The Hall–Kier alpha value is -3.41. The van der Waals surface area contributed by atoms with Crippen LogP contribution in [0.5, 0.6) is 5.75 Å². The summed E-state index contributed by atoms with van der Waals surface area (Å²) in [6.45, 7) is -0.402. The number of amides is 1. The monoisotopic (exact) mass is 490 g/mol. The fraction of sp³-hybridized carbons (Fsp3) is 0.364. The van der Waals surface area contributed by atoms with Gasteiger partial charge in [-0.2, -0.15) is 18.3 Å². The van der Waals surface area contributed by atoms with Crippen LogP contribution < -0.4 is 15.4 Å². The number of aryl methyl sites for hydroxylation is 1. The third-order valence-corrected chi connectivity index (χ3v) is 7.06. The average molecular weight is 491 g/mol. The molecule has 1 aliphatic carbocycles. The van der Waals surface area contributed by atoms with Gasteiger partial charge in [-0.05, 0) is 37.0 Å². The van der Waals surface area contributed by atoms with Crippen LogP contribution in [0, 0.1) is 5.92 Å². The number of thiophene rings is 1. The SMILES string of the molecule is COc1cn2nccc2cc1Nc1ncnc2sc3c(c12)CC[C@H](C(=O)NCCC(F)(F)F)C3. The zero-order valence-electron chi connectivity index (χ0n) is 18.1. The van der Waals surface area contributed by atoms with Crippen LogP contribution in [0.2, 0.25) is 0 Å². The van der Waals surface area contributed by atoms with E-state index in [1.807, 2.05) is 12.1 Å². The van der Waals surface area contributed by atoms with Gasteiger partial charge in [-0.25, -0.2) is 14.5 Å². The molecule has 0 radical (unpaired) electrons. The summed E-state index contributed by atoms with van der Waals surface area (Å²) in [6.07, 6.45) is 1.29. The van der Waals surface area contributed by atoms with Gasteiger partial charge in [0.1, 0.15) is 17.0 Å². The van der Waals surface area contributed by atoms with Crippen molar-refractivity contribution in [3.05, 3.63) is 41.3 Å². The fourth-order valence-electron chi connectivity index (χ4n) is 4.23. The van der Waals surface area contributed by atoms with Gasteiger partial charge in [0.15, 0.2) is 5.75 Å². The Kier molecular flexibility index (Phi) is 5.76. The van der Waals surface area contributed by atoms with Crippen LogP contribution in [0.15, 0.2) is 30.9 Å². The van der Waals surface area contributed by atoms with Gasteiger partial charge in [-0.3, -0.25) is 4.79 Å². The lowest BCUT2D eigenvalue weighted by Crippen LogP contribution is -2.35. The van der Waals surface area contributed by atoms with Crippen molar-refractivity contribution in [2.24, 2.45) is 5.92 Å². The molecule has 8 nitrogen and oxygen atoms in total. The lowest BCUT2D eigenvalue weighted by atomic mass is 9.87. The van der Waals surface area contributed by atoms with Crippen LogP contribution in [-0.2, 0) is 17.6 Å². The molecule has 1 atom stereocenters. The van der Waals surface area contributed by atoms with Gasteiger partial charge in [0, 0.05) is 23.5 Å². The summed E-state index contributed by atoms with van der Waals surface area (Å²) in [5.41, 5.74) is 2.69. The van der Waals surface area contributed by atoms with Crippen molar-refractivity contribution in [1.82, 2.24) is 24.9 Å². The van der Waals surface area contributed by atoms with E-state index in [9.17, 15) is 18.0 Å². The highest BCUT2D eigenvalue weighted by Crippen LogP contribution is 2.41. The Morgan fingerprint density at radius 1 is 1.35 bits per heavy atom. The molecule has 0 spiro atoms. The van der Waals surface area contributed by atoms with Gasteiger partial charge in [-0.15, -0.1) is 11.3 Å². The molecule has 0 fully saturated rings. The predicted octanol–water partition coefficient (Wildman–Crippen LogP) is 4.26. The predicted molar refractivity (Wildman–Crippen MR) is 122 cm³/mol. The lowest BCUT2D eigenvalue weighted by molar-refractivity contribution is -0.136.